The van der Waals surface area contributed by atoms with Crippen LogP contribution in [-0.4, -0.2) is 19.7 Å². The van der Waals surface area contributed by atoms with Crippen molar-refractivity contribution in [1.82, 2.24) is 5.32 Å². The second-order valence-corrected chi connectivity index (χ2v) is 4.49. The van der Waals surface area contributed by atoms with Crippen LogP contribution in [0.1, 0.15) is 30.9 Å². The zero-order valence-corrected chi connectivity index (χ0v) is 10.3. The lowest BCUT2D eigenvalue weighted by atomic mass is 10.1. The Hall–Kier alpha value is -1.02. The van der Waals surface area contributed by atoms with Crippen LogP contribution in [0.2, 0.25) is 0 Å². The SMILES string of the molecule is CCC(CNC)Oc1ccc2c(c1)CCC2. The lowest BCUT2D eigenvalue weighted by Crippen LogP contribution is -2.28. The lowest BCUT2D eigenvalue weighted by Gasteiger charge is -2.17. The van der Waals surface area contributed by atoms with Gasteiger partial charge in [0.1, 0.15) is 11.9 Å². The molecule has 0 radical (unpaired) electrons. The van der Waals surface area contributed by atoms with E-state index >= 15 is 0 Å². The molecule has 0 saturated heterocycles. The van der Waals surface area contributed by atoms with E-state index in [4.69, 9.17) is 4.74 Å². The Morgan fingerprint density at radius 1 is 1.31 bits per heavy atom. The standard InChI is InChI=1S/C14H21NO/c1-3-13(10-15-2)16-14-8-7-11-5-4-6-12(11)9-14/h7-9,13,15H,3-6,10H2,1-2H3. The highest BCUT2D eigenvalue weighted by molar-refractivity contribution is 5.38. The first-order chi connectivity index (χ1) is 7.83. The van der Waals surface area contributed by atoms with Crippen molar-refractivity contribution in [3.63, 3.8) is 0 Å². The van der Waals surface area contributed by atoms with Gasteiger partial charge in [0, 0.05) is 6.54 Å². The number of benzene rings is 1. The van der Waals surface area contributed by atoms with Crippen molar-refractivity contribution in [2.45, 2.75) is 38.7 Å². The molecule has 16 heavy (non-hydrogen) atoms. The molecule has 0 aliphatic heterocycles. The van der Waals surface area contributed by atoms with Crippen LogP contribution in [-0.2, 0) is 12.8 Å². The van der Waals surface area contributed by atoms with Gasteiger partial charge in [-0.05, 0) is 56.0 Å². The van der Waals surface area contributed by atoms with Crippen molar-refractivity contribution in [2.24, 2.45) is 0 Å². The zero-order chi connectivity index (χ0) is 11.4. The minimum atomic E-state index is 0.282. The van der Waals surface area contributed by atoms with Gasteiger partial charge < -0.3 is 10.1 Å². The first-order valence-corrected chi connectivity index (χ1v) is 6.26. The predicted octanol–water partition coefficient (Wildman–Crippen LogP) is 2.55. The van der Waals surface area contributed by atoms with E-state index in [-0.39, 0.29) is 6.10 Å². The van der Waals surface area contributed by atoms with Crippen LogP contribution in [0.25, 0.3) is 0 Å². The van der Waals surface area contributed by atoms with Gasteiger partial charge in [-0.15, -0.1) is 0 Å². The summed E-state index contributed by atoms with van der Waals surface area (Å²) >= 11 is 0. The van der Waals surface area contributed by atoms with E-state index in [0.717, 1.165) is 18.7 Å². The van der Waals surface area contributed by atoms with E-state index in [2.05, 4.69) is 30.4 Å². The summed E-state index contributed by atoms with van der Waals surface area (Å²) in [6, 6.07) is 6.56. The molecule has 0 aromatic heterocycles. The summed E-state index contributed by atoms with van der Waals surface area (Å²) in [5.74, 6) is 1.03. The van der Waals surface area contributed by atoms with E-state index in [1.165, 1.54) is 30.4 Å². The van der Waals surface area contributed by atoms with Crippen molar-refractivity contribution < 1.29 is 4.74 Å². The normalized spacial score (nSPS) is 15.9. The summed E-state index contributed by atoms with van der Waals surface area (Å²) < 4.78 is 5.97. The molecule has 0 saturated carbocycles. The highest BCUT2D eigenvalue weighted by Crippen LogP contribution is 2.26. The molecule has 0 spiro atoms. The van der Waals surface area contributed by atoms with Crippen molar-refractivity contribution in [3.05, 3.63) is 29.3 Å². The van der Waals surface area contributed by atoms with Crippen LogP contribution >= 0.6 is 0 Å². The third-order valence-corrected chi connectivity index (χ3v) is 3.26. The maximum absolute atomic E-state index is 5.97. The Labute approximate surface area is 98.0 Å². The van der Waals surface area contributed by atoms with Crippen LogP contribution < -0.4 is 10.1 Å². The predicted molar refractivity (Wildman–Crippen MR) is 67.1 cm³/mol. The Morgan fingerprint density at radius 3 is 2.88 bits per heavy atom. The van der Waals surface area contributed by atoms with Gasteiger partial charge in [-0.25, -0.2) is 0 Å². The molecule has 1 aliphatic carbocycles. The van der Waals surface area contributed by atoms with E-state index in [1.54, 1.807) is 0 Å². The van der Waals surface area contributed by atoms with Gasteiger partial charge in [-0.3, -0.25) is 0 Å². The maximum atomic E-state index is 5.97. The van der Waals surface area contributed by atoms with E-state index in [1.807, 2.05) is 7.05 Å². The third kappa shape index (κ3) is 2.56. The summed E-state index contributed by atoms with van der Waals surface area (Å²) in [4.78, 5) is 0. The lowest BCUT2D eigenvalue weighted by molar-refractivity contribution is 0.196. The molecule has 2 rings (SSSR count). The maximum Gasteiger partial charge on any atom is 0.120 e. The molecule has 1 unspecified atom stereocenters. The number of ether oxygens (including phenoxy) is 1. The molecule has 1 aromatic carbocycles. The smallest absolute Gasteiger partial charge is 0.120 e. The molecule has 0 heterocycles. The number of fused-ring (bicyclic) bond motifs is 1. The molecular formula is C14H21NO. The Balaban J connectivity index is 2.04. The van der Waals surface area contributed by atoms with E-state index in [9.17, 15) is 0 Å². The molecule has 1 N–H and O–H groups in total. The van der Waals surface area contributed by atoms with Gasteiger partial charge in [-0.1, -0.05) is 13.0 Å². The van der Waals surface area contributed by atoms with Crippen molar-refractivity contribution in [2.75, 3.05) is 13.6 Å². The largest absolute Gasteiger partial charge is 0.489 e. The highest BCUT2D eigenvalue weighted by Gasteiger charge is 2.13. The number of aryl methyl sites for hydroxylation is 2. The van der Waals surface area contributed by atoms with Crippen LogP contribution in [0.3, 0.4) is 0 Å². The van der Waals surface area contributed by atoms with Crippen LogP contribution in [0.15, 0.2) is 18.2 Å². The molecule has 1 atom stereocenters. The highest BCUT2D eigenvalue weighted by atomic mass is 16.5. The summed E-state index contributed by atoms with van der Waals surface area (Å²) in [5, 5.41) is 3.17. The van der Waals surface area contributed by atoms with Crippen molar-refractivity contribution in [1.29, 1.82) is 0 Å². The third-order valence-electron chi connectivity index (χ3n) is 3.26. The topological polar surface area (TPSA) is 21.3 Å². The van der Waals surface area contributed by atoms with Crippen LogP contribution in [0, 0.1) is 0 Å². The first-order valence-electron chi connectivity index (χ1n) is 6.26. The minimum absolute atomic E-state index is 0.282. The number of likely N-dealkylation sites (N-methyl/N-ethyl adjacent to an activating group) is 1. The molecule has 88 valence electrons. The Bertz CT molecular complexity index is 349. The molecule has 0 amide bonds. The monoisotopic (exact) mass is 219 g/mol. The van der Waals surface area contributed by atoms with Crippen LogP contribution in [0.4, 0.5) is 0 Å². The van der Waals surface area contributed by atoms with Gasteiger partial charge >= 0.3 is 0 Å². The van der Waals surface area contributed by atoms with Crippen LogP contribution in [0.5, 0.6) is 5.75 Å². The molecule has 2 heteroatoms. The second kappa shape index (κ2) is 5.35. The van der Waals surface area contributed by atoms with Crippen molar-refractivity contribution in [3.8, 4) is 5.75 Å². The Morgan fingerprint density at radius 2 is 2.12 bits per heavy atom. The number of nitrogens with one attached hydrogen (secondary N) is 1. The van der Waals surface area contributed by atoms with Gasteiger partial charge in [0.25, 0.3) is 0 Å². The molecule has 2 nitrogen and oxygen atoms in total. The summed E-state index contributed by atoms with van der Waals surface area (Å²) in [7, 11) is 1.97. The molecule has 0 fully saturated rings. The summed E-state index contributed by atoms with van der Waals surface area (Å²) in [5.41, 5.74) is 2.99. The molecular weight excluding hydrogens is 198 g/mol. The summed E-state index contributed by atoms with van der Waals surface area (Å²) in [6.07, 6.45) is 5.08. The number of hydrogen-bond acceptors (Lipinski definition) is 2. The minimum Gasteiger partial charge on any atom is -0.489 e. The fourth-order valence-corrected chi connectivity index (χ4v) is 2.31. The fraction of sp³-hybridized carbons (Fsp3) is 0.571. The number of hydrogen-bond donors (Lipinski definition) is 1. The Kier molecular flexibility index (Phi) is 3.83. The fourth-order valence-electron chi connectivity index (χ4n) is 2.31. The quantitative estimate of drug-likeness (QED) is 0.821. The average Bonchev–Trinajstić information content (AvgIpc) is 2.75. The molecule has 1 aromatic rings. The number of rotatable bonds is 5. The van der Waals surface area contributed by atoms with Gasteiger partial charge in [0.15, 0.2) is 0 Å². The van der Waals surface area contributed by atoms with Gasteiger partial charge in [0.05, 0.1) is 0 Å². The zero-order valence-electron chi connectivity index (χ0n) is 10.3. The second-order valence-electron chi connectivity index (χ2n) is 4.49. The summed E-state index contributed by atoms with van der Waals surface area (Å²) in [6.45, 7) is 3.07. The molecule has 1 aliphatic rings. The van der Waals surface area contributed by atoms with Gasteiger partial charge in [-0.2, -0.15) is 0 Å². The average molecular weight is 219 g/mol. The van der Waals surface area contributed by atoms with E-state index in [0.29, 0.717) is 0 Å². The van der Waals surface area contributed by atoms with Gasteiger partial charge in [0.2, 0.25) is 0 Å². The van der Waals surface area contributed by atoms with Crippen molar-refractivity contribution >= 4 is 0 Å². The van der Waals surface area contributed by atoms with E-state index < -0.39 is 0 Å². The molecule has 0 bridgehead atoms. The first kappa shape index (κ1) is 11.5.